The molecule has 3 saturated heterocycles. The van der Waals surface area contributed by atoms with Crippen molar-refractivity contribution in [2.75, 3.05) is 19.6 Å². The van der Waals surface area contributed by atoms with E-state index >= 15 is 0 Å². The monoisotopic (exact) mass is 499 g/mol. The molecule has 3 fully saturated rings. The first-order valence-electron chi connectivity index (χ1n) is 12.5. The lowest BCUT2D eigenvalue weighted by atomic mass is 9.78. The van der Waals surface area contributed by atoms with Crippen LogP contribution in [-0.2, 0) is 9.59 Å². The minimum absolute atomic E-state index is 0.639. The molecule has 0 saturated carbocycles. The number of carboxylic acids is 2. The van der Waals surface area contributed by atoms with Crippen molar-refractivity contribution in [2.45, 2.75) is 101 Å². The number of carbonyl (C=O) groups is 2. The Kier molecular flexibility index (Phi) is 12.7. The Labute approximate surface area is 207 Å². The number of unbranched alkanes of at least 4 members (excludes halogenated alkanes) is 5. The van der Waals surface area contributed by atoms with Crippen molar-refractivity contribution >= 4 is 35.4 Å². The molecule has 3 aliphatic rings. The highest BCUT2D eigenvalue weighted by Gasteiger charge is 2.38. The maximum Gasteiger partial charge on any atom is 0.414 e. The quantitative estimate of drug-likeness (QED) is 0.212. The molecule has 3 aliphatic heterocycles. The van der Waals surface area contributed by atoms with Gasteiger partial charge in [0.25, 0.3) is 0 Å². The molecule has 4 heterocycles. The average molecular weight is 500 g/mol. The van der Waals surface area contributed by atoms with E-state index in [0.29, 0.717) is 11.2 Å². The second-order valence-electron chi connectivity index (χ2n) is 9.41. The van der Waals surface area contributed by atoms with E-state index in [1.807, 2.05) is 0 Å². The standard InChI is InChI=1S/C22H39N3S2.C2H2O4/c1-4-6-7-8-9-10-11-20(17(3)5-2)26-22-21(23-27-24-22)19-16-25-14-12-18(19)13-15-25;3-1(4)2(5)6/h17-20H,4-16H2,1-3H3;(H,3,4)(H,5,6). The van der Waals surface area contributed by atoms with Crippen molar-refractivity contribution in [3.63, 3.8) is 0 Å². The molecule has 3 atom stereocenters. The Morgan fingerprint density at radius 3 is 2.24 bits per heavy atom. The predicted molar refractivity (Wildman–Crippen MR) is 134 cm³/mol. The number of piperidine rings is 3. The van der Waals surface area contributed by atoms with Gasteiger partial charge in [-0.2, -0.15) is 8.75 Å². The van der Waals surface area contributed by atoms with E-state index in [0.717, 1.165) is 11.8 Å². The molecule has 188 valence electrons. The van der Waals surface area contributed by atoms with Gasteiger partial charge in [-0.05, 0) is 44.2 Å². The van der Waals surface area contributed by atoms with Gasteiger partial charge in [0, 0.05) is 17.7 Å². The molecular weight excluding hydrogens is 458 g/mol. The summed E-state index contributed by atoms with van der Waals surface area (Å²) in [6.45, 7) is 10.9. The molecule has 4 rings (SSSR count). The molecule has 2 bridgehead atoms. The molecular formula is C24H41N3O4S2. The first-order valence-corrected chi connectivity index (χ1v) is 14.2. The highest BCUT2D eigenvalue weighted by atomic mass is 32.2. The van der Waals surface area contributed by atoms with Crippen molar-refractivity contribution in [3.8, 4) is 0 Å². The number of aliphatic carboxylic acids is 2. The van der Waals surface area contributed by atoms with Gasteiger partial charge in [0.15, 0.2) is 0 Å². The maximum atomic E-state index is 9.10. The topological polar surface area (TPSA) is 104 Å². The Hall–Kier alpha value is -1.19. The number of rotatable bonds is 12. The van der Waals surface area contributed by atoms with E-state index in [2.05, 4.69) is 37.4 Å². The number of fused-ring (bicyclic) bond motifs is 3. The second-order valence-corrected chi connectivity index (χ2v) is 11.2. The number of carboxylic acid groups (broad SMARTS) is 2. The van der Waals surface area contributed by atoms with Gasteiger partial charge in [-0.25, -0.2) is 9.59 Å². The van der Waals surface area contributed by atoms with E-state index in [9.17, 15) is 0 Å². The zero-order valence-electron chi connectivity index (χ0n) is 20.4. The lowest BCUT2D eigenvalue weighted by molar-refractivity contribution is -0.159. The van der Waals surface area contributed by atoms with Crippen LogP contribution >= 0.6 is 23.5 Å². The Balaban J connectivity index is 0.000000569. The number of thioether (sulfide) groups is 1. The van der Waals surface area contributed by atoms with Crippen LogP contribution in [0.1, 0.15) is 96.6 Å². The molecule has 2 N–H and O–H groups in total. The van der Waals surface area contributed by atoms with Crippen molar-refractivity contribution in [3.05, 3.63) is 5.69 Å². The molecule has 0 aliphatic carbocycles. The van der Waals surface area contributed by atoms with Gasteiger partial charge in [-0.1, -0.05) is 77.5 Å². The highest BCUT2D eigenvalue weighted by Crippen LogP contribution is 2.43. The Morgan fingerprint density at radius 2 is 1.70 bits per heavy atom. The van der Waals surface area contributed by atoms with Crippen molar-refractivity contribution in [1.29, 1.82) is 0 Å². The van der Waals surface area contributed by atoms with E-state index in [1.54, 1.807) is 0 Å². The van der Waals surface area contributed by atoms with Crippen LogP contribution in [0.15, 0.2) is 5.03 Å². The van der Waals surface area contributed by atoms with Crippen molar-refractivity contribution < 1.29 is 19.8 Å². The summed E-state index contributed by atoms with van der Waals surface area (Å²) in [5.41, 5.74) is 1.34. The molecule has 9 heteroatoms. The summed E-state index contributed by atoms with van der Waals surface area (Å²) in [4.78, 5) is 20.8. The van der Waals surface area contributed by atoms with Crippen LogP contribution in [0.3, 0.4) is 0 Å². The van der Waals surface area contributed by atoms with E-state index in [1.165, 1.54) is 106 Å². The fourth-order valence-corrected chi connectivity index (χ4v) is 6.92. The average Bonchev–Trinajstić information content (AvgIpc) is 3.29. The van der Waals surface area contributed by atoms with E-state index < -0.39 is 11.9 Å². The number of aromatic nitrogens is 2. The molecule has 7 nitrogen and oxygen atoms in total. The third-order valence-corrected chi connectivity index (χ3v) is 9.24. The molecule has 33 heavy (non-hydrogen) atoms. The van der Waals surface area contributed by atoms with Gasteiger partial charge in [-0.3, -0.25) is 0 Å². The van der Waals surface area contributed by atoms with Crippen LogP contribution in [0.2, 0.25) is 0 Å². The summed E-state index contributed by atoms with van der Waals surface area (Å²) in [7, 11) is 0. The summed E-state index contributed by atoms with van der Waals surface area (Å²) in [5, 5.41) is 16.8. The summed E-state index contributed by atoms with van der Waals surface area (Å²) < 4.78 is 9.59. The van der Waals surface area contributed by atoms with Crippen LogP contribution < -0.4 is 0 Å². The van der Waals surface area contributed by atoms with Gasteiger partial charge < -0.3 is 15.1 Å². The van der Waals surface area contributed by atoms with Crippen LogP contribution in [0.5, 0.6) is 0 Å². The van der Waals surface area contributed by atoms with Crippen LogP contribution in [0, 0.1) is 11.8 Å². The second kappa shape index (κ2) is 14.9. The van der Waals surface area contributed by atoms with E-state index in [-0.39, 0.29) is 0 Å². The lowest BCUT2D eigenvalue weighted by Crippen LogP contribution is -2.46. The SMILES string of the molecule is CCCCCCCCC(Sc1nsnc1C1CN2CCC1CC2)C(C)CC.O=C(O)C(=O)O. The van der Waals surface area contributed by atoms with E-state index in [4.69, 9.17) is 28.5 Å². The van der Waals surface area contributed by atoms with Gasteiger partial charge >= 0.3 is 11.9 Å². The minimum atomic E-state index is -1.82. The fourth-order valence-electron chi connectivity index (χ4n) is 4.76. The Bertz CT molecular complexity index is 710. The highest BCUT2D eigenvalue weighted by molar-refractivity contribution is 8.00. The third kappa shape index (κ3) is 9.17. The van der Waals surface area contributed by atoms with Gasteiger partial charge in [0.1, 0.15) is 5.03 Å². The fraction of sp³-hybridized carbons (Fsp3) is 0.833. The molecule has 0 spiro atoms. The number of hydrogen-bond acceptors (Lipinski definition) is 7. The maximum absolute atomic E-state index is 9.10. The Morgan fingerprint density at radius 1 is 1.06 bits per heavy atom. The molecule has 1 aromatic heterocycles. The minimum Gasteiger partial charge on any atom is -0.473 e. The molecule has 0 aromatic carbocycles. The third-order valence-electron chi connectivity index (χ3n) is 7.06. The van der Waals surface area contributed by atoms with Gasteiger partial charge in [0.05, 0.1) is 17.4 Å². The largest absolute Gasteiger partial charge is 0.473 e. The van der Waals surface area contributed by atoms with Gasteiger partial charge in [0.2, 0.25) is 0 Å². The van der Waals surface area contributed by atoms with Gasteiger partial charge in [-0.15, -0.1) is 0 Å². The van der Waals surface area contributed by atoms with Crippen LogP contribution in [0.4, 0.5) is 0 Å². The summed E-state index contributed by atoms with van der Waals surface area (Å²) in [6, 6.07) is 0. The summed E-state index contributed by atoms with van der Waals surface area (Å²) in [5.74, 6) is -1.41. The van der Waals surface area contributed by atoms with Crippen molar-refractivity contribution in [1.82, 2.24) is 13.6 Å². The summed E-state index contributed by atoms with van der Waals surface area (Å²) in [6.07, 6.45) is 13.7. The number of hydrogen-bond donors (Lipinski definition) is 2. The predicted octanol–water partition coefficient (Wildman–Crippen LogP) is 5.76. The van der Waals surface area contributed by atoms with Crippen molar-refractivity contribution in [2.24, 2.45) is 11.8 Å². The molecule has 3 unspecified atom stereocenters. The first-order chi connectivity index (χ1) is 15.9. The zero-order chi connectivity index (χ0) is 24.2. The lowest BCUT2D eigenvalue weighted by Gasteiger charge is -2.44. The van der Waals surface area contributed by atoms with Crippen LogP contribution in [-0.4, -0.2) is 60.7 Å². The zero-order valence-corrected chi connectivity index (χ0v) is 22.0. The smallest absolute Gasteiger partial charge is 0.414 e. The molecule has 0 radical (unpaired) electrons. The summed E-state index contributed by atoms with van der Waals surface area (Å²) >= 11 is 3.51. The van der Waals surface area contributed by atoms with Crippen LogP contribution in [0.25, 0.3) is 0 Å². The number of nitrogens with zero attached hydrogens (tertiary/aromatic N) is 3. The first kappa shape index (κ1) is 28.1. The molecule has 0 amide bonds. The molecule has 1 aromatic rings. The normalized spacial score (nSPS) is 23.4.